The Hall–Kier alpha value is -0.380. The minimum atomic E-state index is 0.364. The van der Waals surface area contributed by atoms with Gasteiger partial charge >= 0.3 is 0 Å². The third-order valence-corrected chi connectivity index (χ3v) is 2.94. The Kier molecular flexibility index (Phi) is 4.58. The third-order valence-electron chi connectivity index (χ3n) is 2.20. The van der Waals surface area contributed by atoms with Crippen molar-refractivity contribution in [3.8, 4) is 0 Å². The van der Waals surface area contributed by atoms with Crippen LogP contribution in [0.25, 0.3) is 0 Å². The number of nitrogens with one attached hydrogen (secondary N) is 1. The van der Waals surface area contributed by atoms with Crippen molar-refractivity contribution < 1.29 is 0 Å². The molecule has 1 aromatic rings. The summed E-state index contributed by atoms with van der Waals surface area (Å²) in [7, 11) is 0. The number of nitrogens with two attached hydrogens (primary N) is 1. The first-order chi connectivity index (χ1) is 6.63. The van der Waals surface area contributed by atoms with Crippen molar-refractivity contribution in [2.75, 3.05) is 6.54 Å². The summed E-state index contributed by atoms with van der Waals surface area (Å²) < 4.78 is 1.16. The van der Waals surface area contributed by atoms with Gasteiger partial charge in [0.05, 0.1) is 0 Å². The van der Waals surface area contributed by atoms with Crippen LogP contribution >= 0.6 is 15.9 Å². The van der Waals surface area contributed by atoms with E-state index in [9.17, 15) is 0 Å². The molecule has 0 aliphatic carbocycles. The molecule has 0 aliphatic rings. The number of benzene rings is 1. The molecule has 0 radical (unpaired) electrons. The van der Waals surface area contributed by atoms with Gasteiger partial charge in [0.1, 0.15) is 0 Å². The molecule has 1 aromatic carbocycles. The molecule has 0 aliphatic heterocycles. The lowest BCUT2D eigenvalue weighted by atomic mass is 10.1. The van der Waals surface area contributed by atoms with E-state index in [2.05, 4.69) is 53.3 Å². The van der Waals surface area contributed by atoms with Crippen molar-refractivity contribution in [2.24, 2.45) is 5.73 Å². The monoisotopic (exact) mass is 256 g/mol. The molecule has 0 fully saturated rings. The normalized spacial score (nSPS) is 12.9. The Morgan fingerprint density at radius 1 is 1.50 bits per heavy atom. The first kappa shape index (κ1) is 11.7. The van der Waals surface area contributed by atoms with Crippen molar-refractivity contribution in [2.45, 2.75) is 26.4 Å². The van der Waals surface area contributed by atoms with Crippen LogP contribution < -0.4 is 11.1 Å². The lowest BCUT2D eigenvalue weighted by molar-refractivity contribution is 0.555. The summed E-state index contributed by atoms with van der Waals surface area (Å²) in [4.78, 5) is 0. The highest BCUT2D eigenvalue weighted by molar-refractivity contribution is 9.10. The van der Waals surface area contributed by atoms with Gasteiger partial charge in [-0.15, -0.1) is 0 Å². The Morgan fingerprint density at radius 2 is 2.21 bits per heavy atom. The number of rotatable bonds is 4. The van der Waals surface area contributed by atoms with Crippen LogP contribution in [-0.2, 0) is 6.54 Å². The smallest absolute Gasteiger partial charge is 0.0222 e. The van der Waals surface area contributed by atoms with Crippen LogP contribution in [0.15, 0.2) is 22.7 Å². The van der Waals surface area contributed by atoms with Crippen molar-refractivity contribution in [1.82, 2.24) is 5.32 Å². The van der Waals surface area contributed by atoms with Crippen LogP contribution in [0, 0.1) is 6.92 Å². The molecule has 78 valence electrons. The largest absolute Gasteiger partial charge is 0.329 e. The zero-order chi connectivity index (χ0) is 10.6. The molecule has 0 saturated carbocycles. The van der Waals surface area contributed by atoms with Crippen LogP contribution in [0.2, 0.25) is 0 Å². The first-order valence-corrected chi connectivity index (χ1v) is 5.61. The van der Waals surface area contributed by atoms with Crippen LogP contribution in [0.5, 0.6) is 0 Å². The molecule has 1 rings (SSSR count). The highest BCUT2D eigenvalue weighted by Gasteiger charge is 2.02. The quantitative estimate of drug-likeness (QED) is 0.867. The summed E-state index contributed by atoms with van der Waals surface area (Å²) in [6.07, 6.45) is 0. The van der Waals surface area contributed by atoms with Gasteiger partial charge in [0, 0.05) is 23.6 Å². The lowest BCUT2D eigenvalue weighted by Gasteiger charge is -2.12. The molecule has 14 heavy (non-hydrogen) atoms. The standard InChI is InChI=1S/C11H17BrN2/c1-8-3-4-10(11(12)5-8)7-14-9(2)6-13/h3-5,9,14H,6-7,13H2,1-2H3/t9-/m1/s1. The highest BCUT2D eigenvalue weighted by atomic mass is 79.9. The van der Waals surface area contributed by atoms with E-state index in [4.69, 9.17) is 5.73 Å². The zero-order valence-corrected chi connectivity index (χ0v) is 10.3. The first-order valence-electron chi connectivity index (χ1n) is 4.82. The highest BCUT2D eigenvalue weighted by Crippen LogP contribution is 2.18. The van der Waals surface area contributed by atoms with E-state index in [1.54, 1.807) is 0 Å². The third kappa shape index (κ3) is 3.40. The summed E-state index contributed by atoms with van der Waals surface area (Å²) in [5, 5.41) is 3.35. The molecule has 0 amide bonds. The second-order valence-electron chi connectivity index (χ2n) is 3.61. The summed E-state index contributed by atoms with van der Waals surface area (Å²) >= 11 is 3.55. The Labute approximate surface area is 94.0 Å². The van der Waals surface area contributed by atoms with Crippen LogP contribution in [0.3, 0.4) is 0 Å². The molecular formula is C11H17BrN2. The molecule has 0 aromatic heterocycles. The molecule has 0 bridgehead atoms. The molecule has 3 N–H and O–H groups in total. The van der Waals surface area contributed by atoms with Gasteiger partial charge < -0.3 is 11.1 Å². The molecule has 3 heteroatoms. The maximum atomic E-state index is 5.52. The molecule has 0 spiro atoms. The predicted octanol–water partition coefficient (Wildman–Crippen LogP) is 2.19. The lowest BCUT2D eigenvalue weighted by Crippen LogP contribution is -2.32. The van der Waals surface area contributed by atoms with Crippen LogP contribution in [0.4, 0.5) is 0 Å². The summed E-state index contributed by atoms with van der Waals surface area (Å²) in [5.74, 6) is 0. The Bertz CT molecular complexity index is 299. The molecular weight excluding hydrogens is 240 g/mol. The van der Waals surface area contributed by atoms with Gasteiger partial charge in [0.25, 0.3) is 0 Å². The average molecular weight is 257 g/mol. The number of halogens is 1. The van der Waals surface area contributed by atoms with E-state index in [0.717, 1.165) is 11.0 Å². The van der Waals surface area contributed by atoms with E-state index < -0.39 is 0 Å². The summed E-state index contributed by atoms with van der Waals surface area (Å²) in [6, 6.07) is 6.75. The summed E-state index contributed by atoms with van der Waals surface area (Å²) in [6.45, 7) is 5.70. The van der Waals surface area contributed by atoms with Gasteiger partial charge in [-0.05, 0) is 31.0 Å². The number of aryl methyl sites for hydroxylation is 1. The van der Waals surface area contributed by atoms with E-state index in [0.29, 0.717) is 12.6 Å². The second-order valence-corrected chi connectivity index (χ2v) is 4.47. The SMILES string of the molecule is Cc1ccc(CN[C@H](C)CN)c(Br)c1. The minimum absolute atomic E-state index is 0.364. The van der Waals surface area contributed by atoms with Gasteiger partial charge in [-0.3, -0.25) is 0 Å². The Morgan fingerprint density at radius 3 is 2.79 bits per heavy atom. The predicted molar refractivity (Wildman–Crippen MR) is 64.2 cm³/mol. The van der Waals surface area contributed by atoms with Crippen molar-refractivity contribution >= 4 is 15.9 Å². The number of hydrogen-bond donors (Lipinski definition) is 2. The Balaban J connectivity index is 2.59. The van der Waals surface area contributed by atoms with Crippen molar-refractivity contribution in [1.29, 1.82) is 0 Å². The number of hydrogen-bond acceptors (Lipinski definition) is 2. The fourth-order valence-electron chi connectivity index (χ4n) is 1.16. The molecule has 0 heterocycles. The van der Waals surface area contributed by atoms with Gasteiger partial charge in [0.15, 0.2) is 0 Å². The van der Waals surface area contributed by atoms with Crippen molar-refractivity contribution in [3.05, 3.63) is 33.8 Å². The topological polar surface area (TPSA) is 38.0 Å². The second kappa shape index (κ2) is 5.49. The van der Waals surface area contributed by atoms with Gasteiger partial charge in [-0.1, -0.05) is 28.1 Å². The maximum Gasteiger partial charge on any atom is 0.0222 e. The fraction of sp³-hybridized carbons (Fsp3) is 0.455. The van der Waals surface area contributed by atoms with E-state index in [1.165, 1.54) is 11.1 Å². The van der Waals surface area contributed by atoms with E-state index >= 15 is 0 Å². The molecule has 1 atom stereocenters. The van der Waals surface area contributed by atoms with Gasteiger partial charge in [0.2, 0.25) is 0 Å². The molecule has 2 nitrogen and oxygen atoms in total. The van der Waals surface area contributed by atoms with Gasteiger partial charge in [-0.2, -0.15) is 0 Å². The zero-order valence-electron chi connectivity index (χ0n) is 8.68. The average Bonchev–Trinajstić information content (AvgIpc) is 2.16. The maximum absolute atomic E-state index is 5.52. The van der Waals surface area contributed by atoms with Crippen LogP contribution in [-0.4, -0.2) is 12.6 Å². The molecule has 0 saturated heterocycles. The minimum Gasteiger partial charge on any atom is -0.329 e. The van der Waals surface area contributed by atoms with Crippen molar-refractivity contribution in [3.63, 3.8) is 0 Å². The molecule has 0 unspecified atom stereocenters. The summed E-state index contributed by atoms with van der Waals surface area (Å²) in [5.41, 5.74) is 8.07. The fourth-order valence-corrected chi connectivity index (χ4v) is 1.80. The van der Waals surface area contributed by atoms with E-state index in [1.807, 2.05) is 0 Å². The van der Waals surface area contributed by atoms with Gasteiger partial charge in [-0.25, -0.2) is 0 Å². The van der Waals surface area contributed by atoms with E-state index in [-0.39, 0.29) is 0 Å². The van der Waals surface area contributed by atoms with Crippen LogP contribution in [0.1, 0.15) is 18.1 Å².